The number of fused-ring (bicyclic) bond motifs is 8. The Kier molecular flexibility index (Phi) is 11.3. The van der Waals surface area contributed by atoms with E-state index in [0.29, 0.717) is 62.6 Å². The standard InChI is InChI=1S/C36H48F3NO5/c1-4-17-40(21-29(43)22-41)23-35(45)16-14-32-30-13-11-25(18-28(42)12-10-24(2)7-6-15-34(32,35)3)19-31(30)33(44)26-8-5-9-27(20-26)36(37,38)39/h5,7-9,11,13,19-20,28-29,32,41-43,45H,4,6,10,12,14-18,21-23H2,1-3H3. The van der Waals surface area contributed by atoms with Gasteiger partial charge >= 0.3 is 6.18 Å². The number of halogens is 3. The van der Waals surface area contributed by atoms with Gasteiger partial charge in [0.25, 0.3) is 0 Å². The van der Waals surface area contributed by atoms with E-state index < -0.39 is 40.7 Å². The van der Waals surface area contributed by atoms with Gasteiger partial charge in [-0.15, -0.1) is 0 Å². The van der Waals surface area contributed by atoms with Crippen molar-refractivity contribution in [3.05, 3.63) is 81.9 Å². The molecule has 5 unspecified atom stereocenters. The first-order valence-corrected chi connectivity index (χ1v) is 16.1. The first-order valence-electron chi connectivity index (χ1n) is 16.1. The van der Waals surface area contributed by atoms with Crippen LogP contribution in [0.25, 0.3) is 0 Å². The highest BCUT2D eigenvalue weighted by Gasteiger charge is 2.57. The first kappa shape index (κ1) is 35.3. The molecule has 0 amide bonds. The van der Waals surface area contributed by atoms with Crippen LogP contribution in [0.5, 0.6) is 0 Å². The van der Waals surface area contributed by atoms with Crippen LogP contribution >= 0.6 is 0 Å². The van der Waals surface area contributed by atoms with E-state index in [9.17, 15) is 38.4 Å². The molecule has 248 valence electrons. The normalized spacial score (nSPS) is 26.8. The topological polar surface area (TPSA) is 101 Å². The lowest BCUT2D eigenvalue weighted by atomic mass is 9.64. The van der Waals surface area contributed by atoms with E-state index in [2.05, 4.69) is 6.08 Å². The number of carbonyl (C=O) groups excluding carboxylic acids is 1. The number of hydrogen-bond acceptors (Lipinski definition) is 6. The third-order valence-corrected chi connectivity index (χ3v) is 10.1. The van der Waals surface area contributed by atoms with E-state index >= 15 is 0 Å². The minimum Gasteiger partial charge on any atom is -0.394 e. The summed E-state index contributed by atoms with van der Waals surface area (Å²) in [6.45, 7) is 6.82. The summed E-state index contributed by atoms with van der Waals surface area (Å²) in [5, 5.41) is 43.1. The minimum absolute atomic E-state index is 0.0643. The molecule has 0 heterocycles. The Morgan fingerprint density at radius 2 is 1.89 bits per heavy atom. The van der Waals surface area contributed by atoms with Crippen LogP contribution in [-0.4, -0.2) is 75.2 Å². The maximum Gasteiger partial charge on any atom is 0.416 e. The highest BCUT2D eigenvalue weighted by molar-refractivity contribution is 6.10. The second-order valence-electron chi connectivity index (χ2n) is 13.4. The molecule has 2 aromatic carbocycles. The van der Waals surface area contributed by atoms with E-state index in [-0.39, 0.29) is 31.2 Å². The maximum atomic E-state index is 14.1. The summed E-state index contributed by atoms with van der Waals surface area (Å²) < 4.78 is 40.8. The fraction of sp³-hybridized carbons (Fsp3) is 0.583. The molecule has 2 aromatic rings. The van der Waals surface area contributed by atoms with E-state index in [0.717, 1.165) is 29.7 Å². The van der Waals surface area contributed by atoms with Crippen LogP contribution in [0.1, 0.15) is 104 Å². The average Bonchev–Trinajstić information content (AvgIpc) is 3.24. The molecule has 1 saturated carbocycles. The lowest BCUT2D eigenvalue weighted by Gasteiger charge is -2.46. The SMILES string of the molecule is CCCN(CC(O)CO)CC1(O)CCC2c3ccc(cc3C(=O)c3cccc(C(F)(F)F)c3)CC(O)CCC(C)=CCCC21C. The van der Waals surface area contributed by atoms with Gasteiger partial charge in [-0.05, 0) is 100 Å². The molecule has 5 atom stereocenters. The Hall–Kier alpha value is -2.56. The number of aliphatic hydroxyl groups is 4. The van der Waals surface area contributed by atoms with Gasteiger partial charge in [-0.1, -0.05) is 49.8 Å². The van der Waals surface area contributed by atoms with Crippen molar-refractivity contribution in [2.24, 2.45) is 5.41 Å². The van der Waals surface area contributed by atoms with Gasteiger partial charge in [-0.3, -0.25) is 9.69 Å². The van der Waals surface area contributed by atoms with Gasteiger partial charge in [0.05, 0.1) is 30.0 Å². The van der Waals surface area contributed by atoms with E-state index in [1.807, 2.05) is 37.8 Å². The van der Waals surface area contributed by atoms with Crippen LogP contribution in [0.3, 0.4) is 0 Å². The molecular weight excluding hydrogens is 583 g/mol. The molecule has 1 fully saturated rings. The smallest absolute Gasteiger partial charge is 0.394 e. The van der Waals surface area contributed by atoms with Gasteiger partial charge in [0.15, 0.2) is 5.78 Å². The van der Waals surface area contributed by atoms with Crippen LogP contribution in [0, 0.1) is 5.41 Å². The van der Waals surface area contributed by atoms with Gasteiger partial charge in [0, 0.05) is 29.6 Å². The molecule has 0 radical (unpaired) electrons. The van der Waals surface area contributed by atoms with Crippen LogP contribution in [0.2, 0.25) is 0 Å². The highest BCUT2D eigenvalue weighted by atomic mass is 19.4. The summed E-state index contributed by atoms with van der Waals surface area (Å²) in [6.07, 6.45) is 0.544. The summed E-state index contributed by atoms with van der Waals surface area (Å²) in [4.78, 5) is 16.1. The zero-order valence-electron chi connectivity index (χ0n) is 26.6. The number of carbonyl (C=O) groups is 1. The van der Waals surface area contributed by atoms with Crippen molar-refractivity contribution in [1.29, 1.82) is 0 Å². The van der Waals surface area contributed by atoms with Crippen molar-refractivity contribution in [2.75, 3.05) is 26.2 Å². The molecular formula is C36H48F3NO5. The van der Waals surface area contributed by atoms with Crippen LogP contribution in [0.4, 0.5) is 13.2 Å². The van der Waals surface area contributed by atoms with Crippen molar-refractivity contribution >= 4 is 5.78 Å². The molecule has 3 aliphatic rings. The van der Waals surface area contributed by atoms with Gasteiger partial charge in [-0.25, -0.2) is 0 Å². The van der Waals surface area contributed by atoms with Gasteiger partial charge < -0.3 is 20.4 Å². The summed E-state index contributed by atoms with van der Waals surface area (Å²) >= 11 is 0. The van der Waals surface area contributed by atoms with Crippen molar-refractivity contribution in [1.82, 2.24) is 4.90 Å². The summed E-state index contributed by atoms with van der Waals surface area (Å²) in [5.74, 6) is -0.805. The maximum absolute atomic E-state index is 14.1. The van der Waals surface area contributed by atoms with Crippen LogP contribution in [-0.2, 0) is 12.6 Å². The molecule has 0 aliphatic heterocycles. The monoisotopic (exact) mass is 631 g/mol. The van der Waals surface area contributed by atoms with Crippen molar-refractivity contribution in [3.8, 4) is 0 Å². The number of alkyl halides is 3. The van der Waals surface area contributed by atoms with Gasteiger partial charge in [-0.2, -0.15) is 13.2 Å². The van der Waals surface area contributed by atoms with Crippen molar-refractivity contribution in [3.63, 3.8) is 0 Å². The molecule has 0 aromatic heterocycles. The van der Waals surface area contributed by atoms with Crippen LogP contribution in [0.15, 0.2) is 54.1 Å². The quantitative estimate of drug-likeness (QED) is 0.199. The third-order valence-electron chi connectivity index (χ3n) is 10.1. The van der Waals surface area contributed by atoms with E-state index in [4.69, 9.17) is 0 Å². The van der Waals surface area contributed by atoms with E-state index in [1.54, 1.807) is 6.07 Å². The van der Waals surface area contributed by atoms with Crippen LogP contribution < -0.4 is 0 Å². The number of hydrogen-bond donors (Lipinski definition) is 4. The number of benzene rings is 2. The van der Waals surface area contributed by atoms with E-state index in [1.165, 1.54) is 12.1 Å². The minimum atomic E-state index is -4.60. The molecule has 0 spiro atoms. The Balaban J connectivity index is 1.84. The fourth-order valence-corrected chi connectivity index (χ4v) is 7.47. The van der Waals surface area contributed by atoms with Gasteiger partial charge in [0.2, 0.25) is 0 Å². The van der Waals surface area contributed by atoms with Gasteiger partial charge in [0.1, 0.15) is 0 Å². The largest absolute Gasteiger partial charge is 0.416 e. The fourth-order valence-electron chi connectivity index (χ4n) is 7.47. The molecule has 4 N–H and O–H groups in total. The molecule has 2 bridgehead atoms. The molecule has 45 heavy (non-hydrogen) atoms. The zero-order valence-corrected chi connectivity index (χ0v) is 26.6. The number of rotatable bonds is 9. The molecule has 5 rings (SSSR count). The Bertz CT molecular complexity index is 1360. The Morgan fingerprint density at radius 3 is 2.58 bits per heavy atom. The highest BCUT2D eigenvalue weighted by Crippen LogP contribution is 2.59. The molecule has 6 nitrogen and oxygen atoms in total. The third kappa shape index (κ3) is 8.06. The Morgan fingerprint density at radius 1 is 1.13 bits per heavy atom. The summed E-state index contributed by atoms with van der Waals surface area (Å²) in [5.41, 5.74) is -0.0330. The number of aliphatic hydroxyl groups excluding tert-OH is 3. The number of nitrogens with zero attached hydrogens (tertiary/aromatic N) is 1. The molecule has 0 saturated heterocycles. The summed E-state index contributed by atoms with van der Waals surface area (Å²) in [6, 6.07) is 9.94. The lowest BCUT2D eigenvalue weighted by Crippen LogP contribution is -2.54. The number of allylic oxidation sites excluding steroid dienone is 2. The summed E-state index contributed by atoms with van der Waals surface area (Å²) in [7, 11) is 0. The Labute approximate surface area is 264 Å². The lowest BCUT2D eigenvalue weighted by molar-refractivity contribution is -0.137. The number of ketones is 1. The molecule has 9 heteroatoms. The van der Waals surface area contributed by atoms with Crippen molar-refractivity contribution < 1.29 is 38.4 Å². The zero-order chi connectivity index (χ0) is 33.0. The van der Waals surface area contributed by atoms with Crippen molar-refractivity contribution in [2.45, 2.75) is 102 Å². The predicted octanol–water partition coefficient (Wildman–Crippen LogP) is 6.04. The second-order valence-corrected chi connectivity index (χ2v) is 13.4. The predicted molar refractivity (Wildman–Crippen MR) is 168 cm³/mol. The molecule has 3 aliphatic carbocycles. The second kappa shape index (κ2) is 14.5. The average molecular weight is 632 g/mol. The first-order chi connectivity index (χ1) is 21.2.